The predicted molar refractivity (Wildman–Crippen MR) is 250 cm³/mol. The molecule has 15 heteroatoms. The number of rotatable bonds is 17. The summed E-state index contributed by atoms with van der Waals surface area (Å²) < 4.78 is 47.6. The van der Waals surface area contributed by atoms with Crippen LogP contribution < -0.4 is 37.9 Å². The SMILES string of the molecule is N#CCOc1cc2nccc(Oc3ccc(CC(=O)CC4CC4)c(Cl)c3)c2c2c1OCCO2.O=C(Cc1ccc(Oc2ccnc3cc(OCC4CC4)c4c(c23)OCCO4)cc1Cl)CC1CC1. The number of fused-ring (bicyclic) bond motifs is 6. The van der Waals surface area contributed by atoms with E-state index in [1.807, 2.05) is 30.3 Å². The normalized spacial score (nSPS) is 15.8. The van der Waals surface area contributed by atoms with E-state index in [0.29, 0.717) is 160 Å². The topological polar surface area (TPSA) is 158 Å². The van der Waals surface area contributed by atoms with Crippen molar-refractivity contribution in [3.05, 3.63) is 94.2 Å². The third kappa shape index (κ3) is 10.7. The van der Waals surface area contributed by atoms with Gasteiger partial charge in [0.25, 0.3) is 0 Å². The number of pyridine rings is 2. The molecule has 0 atom stereocenters. The minimum Gasteiger partial charge on any atom is -0.489 e. The molecule has 2 aromatic heterocycles. The lowest BCUT2D eigenvalue weighted by Crippen LogP contribution is -2.17. The Balaban J connectivity index is 0.000000157. The highest BCUT2D eigenvalue weighted by Crippen LogP contribution is 2.50. The van der Waals surface area contributed by atoms with Crippen molar-refractivity contribution in [2.75, 3.05) is 39.6 Å². The van der Waals surface area contributed by atoms with Gasteiger partial charge in [-0.1, -0.05) is 35.3 Å². The van der Waals surface area contributed by atoms with Gasteiger partial charge in [-0.05, 0) is 104 Å². The molecule has 344 valence electrons. The quantitative estimate of drug-likeness (QED) is 0.0851. The van der Waals surface area contributed by atoms with Crippen LogP contribution in [0.3, 0.4) is 0 Å². The summed E-state index contributed by atoms with van der Waals surface area (Å²) in [6.07, 6.45) is 12.3. The smallest absolute Gasteiger partial charge is 0.204 e. The molecule has 4 heterocycles. The van der Waals surface area contributed by atoms with Crippen molar-refractivity contribution in [2.45, 2.75) is 64.2 Å². The van der Waals surface area contributed by atoms with Crippen molar-refractivity contribution in [2.24, 2.45) is 17.8 Å². The number of nitrogens with zero attached hydrogens (tertiary/aromatic N) is 3. The molecule has 3 aliphatic carbocycles. The Morgan fingerprint density at radius 1 is 0.582 bits per heavy atom. The molecular formula is C52H47Cl2N3O10. The zero-order valence-electron chi connectivity index (χ0n) is 36.7. The molecule has 0 spiro atoms. The molecule has 6 aromatic rings. The predicted octanol–water partition coefficient (Wildman–Crippen LogP) is 11.4. The Hall–Kier alpha value is -6.49. The van der Waals surface area contributed by atoms with Crippen LogP contribution in [0.25, 0.3) is 21.8 Å². The number of ether oxygens (including phenoxy) is 8. The van der Waals surface area contributed by atoms with Gasteiger partial charge >= 0.3 is 0 Å². The van der Waals surface area contributed by atoms with Crippen LogP contribution in [0.5, 0.6) is 57.5 Å². The minimum absolute atomic E-state index is 0.120. The van der Waals surface area contributed by atoms with Crippen LogP contribution in [0, 0.1) is 29.1 Å². The lowest BCUT2D eigenvalue weighted by molar-refractivity contribution is -0.119. The standard InChI is InChI=1S/C27H26ClNO5.C25H21ClN2O5/c28-21-13-20(6-5-18(21)12-19(30)11-16-1-2-16)34-23-7-8-29-22-14-24(33-15-17-3-4-17)26-27(25(22)23)32-10-9-31-26;26-19-13-18(4-3-16(19)12-17(29)11-15-1-2-15)33-21-5-7-28-20-14-22(30-8-6-27)24-25(23(20)21)32-10-9-31-24/h5-8,13-14,16-17H,1-4,9-12,15H2;3-5,7,13-15H,1-2,8-12H2. The van der Waals surface area contributed by atoms with Crippen LogP contribution in [0.2, 0.25) is 10.0 Å². The highest BCUT2D eigenvalue weighted by molar-refractivity contribution is 6.32. The first-order chi connectivity index (χ1) is 32.8. The number of carbonyl (C=O) groups is 2. The molecular weight excluding hydrogens is 897 g/mol. The Morgan fingerprint density at radius 2 is 1.03 bits per heavy atom. The first kappa shape index (κ1) is 44.4. The number of ketones is 2. The van der Waals surface area contributed by atoms with E-state index in [2.05, 4.69) is 9.97 Å². The second-order valence-electron chi connectivity index (χ2n) is 17.5. The number of nitriles is 1. The molecule has 0 unspecified atom stereocenters. The van der Waals surface area contributed by atoms with Crippen LogP contribution in [0.15, 0.2) is 73.1 Å². The molecule has 3 saturated carbocycles. The van der Waals surface area contributed by atoms with Crippen LogP contribution >= 0.6 is 23.2 Å². The fourth-order valence-electron chi connectivity index (χ4n) is 8.12. The van der Waals surface area contributed by atoms with Crippen LogP contribution in [0.1, 0.15) is 62.5 Å². The van der Waals surface area contributed by atoms with Crippen molar-refractivity contribution >= 4 is 56.6 Å². The molecule has 13 nitrogen and oxygen atoms in total. The summed E-state index contributed by atoms with van der Waals surface area (Å²) in [5.74, 6) is 7.54. The summed E-state index contributed by atoms with van der Waals surface area (Å²) in [4.78, 5) is 33.4. The van der Waals surface area contributed by atoms with Crippen molar-refractivity contribution in [1.82, 2.24) is 9.97 Å². The second-order valence-corrected chi connectivity index (χ2v) is 18.3. The third-order valence-electron chi connectivity index (χ3n) is 12.1. The Labute approximate surface area is 397 Å². The number of hydrogen-bond acceptors (Lipinski definition) is 13. The number of benzene rings is 4. The number of hydrogen-bond donors (Lipinski definition) is 0. The number of carbonyl (C=O) groups excluding carboxylic acids is 2. The van der Waals surface area contributed by atoms with E-state index < -0.39 is 0 Å². The van der Waals surface area contributed by atoms with Gasteiger partial charge in [-0.25, -0.2) is 0 Å². The van der Waals surface area contributed by atoms with Gasteiger partial charge in [-0.2, -0.15) is 5.26 Å². The summed E-state index contributed by atoms with van der Waals surface area (Å²) in [5, 5.41) is 11.3. The van der Waals surface area contributed by atoms with Gasteiger partial charge in [0.1, 0.15) is 67.1 Å². The van der Waals surface area contributed by atoms with E-state index in [4.69, 9.17) is 66.4 Å². The number of halogens is 2. The van der Waals surface area contributed by atoms with Crippen molar-refractivity contribution < 1.29 is 47.5 Å². The maximum absolute atomic E-state index is 12.3. The third-order valence-corrected chi connectivity index (χ3v) is 12.8. The highest BCUT2D eigenvalue weighted by atomic mass is 35.5. The van der Waals surface area contributed by atoms with E-state index in [1.54, 1.807) is 48.8 Å². The zero-order chi connectivity index (χ0) is 45.9. The van der Waals surface area contributed by atoms with E-state index >= 15 is 0 Å². The molecule has 3 fully saturated rings. The van der Waals surface area contributed by atoms with Gasteiger partial charge in [0, 0.05) is 60.3 Å². The zero-order valence-corrected chi connectivity index (χ0v) is 38.2. The maximum Gasteiger partial charge on any atom is 0.204 e. The van der Waals surface area contributed by atoms with Crippen LogP contribution in [-0.4, -0.2) is 61.2 Å². The minimum atomic E-state index is -0.120. The number of aromatic nitrogens is 2. The lowest BCUT2D eigenvalue weighted by atomic mass is 10.0. The Kier molecular flexibility index (Phi) is 13.1. The summed E-state index contributed by atoms with van der Waals surface area (Å²) in [6.45, 7) is 2.20. The molecule has 67 heavy (non-hydrogen) atoms. The monoisotopic (exact) mass is 943 g/mol. The molecule has 4 aromatic carbocycles. The average molecular weight is 945 g/mol. The largest absolute Gasteiger partial charge is 0.489 e. The molecule has 0 bridgehead atoms. The van der Waals surface area contributed by atoms with Crippen molar-refractivity contribution in [1.29, 1.82) is 5.26 Å². The lowest BCUT2D eigenvalue weighted by Gasteiger charge is -2.23. The van der Waals surface area contributed by atoms with Gasteiger partial charge in [-0.3, -0.25) is 19.6 Å². The summed E-state index contributed by atoms with van der Waals surface area (Å²) in [6, 6.07) is 19.9. The fraction of sp³-hybridized carbons (Fsp3) is 0.365. The molecule has 11 rings (SSSR count). The van der Waals surface area contributed by atoms with Gasteiger partial charge in [-0.15, -0.1) is 0 Å². The second kappa shape index (κ2) is 19.8. The first-order valence-electron chi connectivity index (χ1n) is 22.8. The number of Topliss-reactive ketones (excluding diaryl/α,β-unsaturated/α-hetero) is 2. The van der Waals surface area contributed by atoms with Gasteiger partial charge in [0.15, 0.2) is 29.6 Å². The molecule has 0 saturated heterocycles. The molecule has 0 N–H and O–H groups in total. The van der Waals surface area contributed by atoms with Crippen molar-refractivity contribution in [3.63, 3.8) is 0 Å². The fourth-order valence-corrected chi connectivity index (χ4v) is 8.59. The summed E-state index contributed by atoms with van der Waals surface area (Å²) in [5.41, 5.74) is 2.91. The maximum atomic E-state index is 12.3. The van der Waals surface area contributed by atoms with E-state index in [9.17, 15) is 9.59 Å². The molecule has 0 radical (unpaired) electrons. The van der Waals surface area contributed by atoms with E-state index in [1.165, 1.54) is 25.7 Å². The molecule has 2 aliphatic heterocycles. The van der Waals surface area contributed by atoms with Crippen LogP contribution in [-0.2, 0) is 22.4 Å². The first-order valence-corrected chi connectivity index (χ1v) is 23.5. The van der Waals surface area contributed by atoms with E-state index in [-0.39, 0.29) is 18.2 Å². The van der Waals surface area contributed by atoms with Gasteiger partial charge < -0.3 is 37.9 Å². The Bertz CT molecular complexity index is 2910. The van der Waals surface area contributed by atoms with Crippen LogP contribution in [0.4, 0.5) is 0 Å². The van der Waals surface area contributed by atoms with Crippen molar-refractivity contribution in [3.8, 4) is 63.6 Å². The molecule has 0 amide bonds. The van der Waals surface area contributed by atoms with Gasteiger partial charge in [0.2, 0.25) is 11.5 Å². The summed E-state index contributed by atoms with van der Waals surface area (Å²) >= 11 is 13.0. The van der Waals surface area contributed by atoms with Gasteiger partial charge in [0.05, 0.1) is 28.4 Å². The molecule has 5 aliphatic rings. The Morgan fingerprint density at radius 3 is 1.46 bits per heavy atom. The average Bonchev–Trinajstić information content (AvgIpc) is 4.18. The summed E-state index contributed by atoms with van der Waals surface area (Å²) in [7, 11) is 0. The highest BCUT2D eigenvalue weighted by Gasteiger charge is 2.29. The van der Waals surface area contributed by atoms with E-state index in [0.717, 1.165) is 29.4 Å².